The second-order valence-corrected chi connectivity index (χ2v) is 13.3. The first-order valence-electron chi connectivity index (χ1n) is 14.1. The number of anilines is 1. The summed E-state index contributed by atoms with van der Waals surface area (Å²) in [4.78, 5) is 43.6. The molecular formula is C32H46N4O4S. The molecule has 2 aromatic rings. The van der Waals surface area contributed by atoms with Gasteiger partial charge in [0.1, 0.15) is 0 Å². The Morgan fingerprint density at radius 1 is 0.976 bits per heavy atom. The molecule has 0 aliphatic carbocycles. The van der Waals surface area contributed by atoms with Crippen molar-refractivity contribution in [3.8, 4) is 0 Å². The molecule has 3 amide bonds. The van der Waals surface area contributed by atoms with Crippen LogP contribution in [0.5, 0.6) is 0 Å². The molecule has 2 atom stereocenters. The lowest BCUT2D eigenvalue weighted by Crippen LogP contribution is -2.44. The predicted molar refractivity (Wildman–Crippen MR) is 167 cm³/mol. The number of rotatable bonds is 12. The molecule has 0 spiro atoms. The number of nitrogens with zero attached hydrogens (tertiary/aromatic N) is 1. The summed E-state index contributed by atoms with van der Waals surface area (Å²) in [6.45, 7) is 15.5. The van der Waals surface area contributed by atoms with Gasteiger partial charge in [-0.05, 0) is 91.6 Å². The molecule has 0 aliphatic rings. The third-order valence-electron chi connectivity index (χ3n) is 6.03. The molecule has 0 fully saturated rings. The van der Waals surface area contributed by atoms with Gasteiger partial charge in [0.2, 0.25) is 5.91 Å². The number of thioether (sulfide) groups is 1. The number of carbonyl (C=O) groups is 3. The summed E-state index contributed by atoms with van der Waals surface area (Å²) in [7, 11) is 0. The Bertz CT molecular complexity index is 1220. The van der Waals surface area contributed by atoms with E-state index >= 15 is 0 Å². The molecule has 41 heavy (non-hydrogen) atoms. The summed E-state index contributed by atoms with van der Waals surface area (Å²) in [5.74, 6) is -0.583. The molecule has 224 valence electrons. The van der Waals surface area contributed by atoms with E-state index < -0.39 is 11.6 Å². The van der Waals surface area contributed by atoms with E-state index in [2.05, 4.69) is 20.9 Å². The number of hydrogen-bond donors (Lipinski definition) is 4. The first-order valence-corrected chi connectivity index (χ1v) is 15.1. The number of carbonyl (C=O) groups excluding carboxylic acids is 3. The van der Waals surface area contributed by atoms with Gasteiger partial charge < -0.3 is 21.1 Å². The second kappa shape index (κ2) is 15.2. The van der Waals surface area contributed by atoms with E-state index in [0.717, 1.165) is 12.0 Å². The van der Waals surface area contributed by atoms with E-state index in [-0.39, 0.29) is 29.2 Å². The SMILES string of the molecule is C/C=C(/CC(O)CSc1ccc(NC(=O)c2ccncc2)cc1C(=O)NC(C)(C)C)C(CCC)C(=O)NC(C)(C)C. The Morgan fingerprint density at radius 3 is 2.17 bits per heavy atom. The average molecular weight is 583 g/mol. The molecule has 2 rings (SSSR count). The number of allylic oxidation sites excluding steroid dienone is 1. The summed E-state index contributed by atoms with van der Waals surface area (Å²) in [6.07, 6.45) is 6.20. The number of nitrogens with one attached hydrogen (secondary N) is 3. The summed E-state index contributed by atoms with van der Waals surface area (Å²) in [6, 6.07) is 8.41. The van der Waals surface area contributed by atoms with Crippen LogP contribution in [0.3, 0.4) is 0 Å². The Morgan fingerprint density at radius 2 is 1.61 bits per heavy atom. The number of aliphatic hydroxyl groups is 1. The minimum atomic E-state index is -0.724. The van der Waals surface area contributed by atoms with Crippen LogP contribution in [-0.2, 0) is 4.79 Å². The second-order valence-electron chi connectivity index (χ2n) is 12.2. The van der Waals surface area contributed by atoms with Gasteiger partial charge in [0.15, 0.2) is 0 Å². The quantitative estimate of drug-likeness (QED) is 0.180. The van der Waals surface area contributed by atoms with Gasteiger partial charge >= 0.3 is 0 Å². The first-order chi connectivity index (χ1) is 19.1. The zero-order valence-electron chi connectivity index (χ0n) is 25.6. The number of benzene rings is 1. The van der Waals surface area contributed by atoms with Crippen molar-refractivity contribution in [1.82, 2.24) is 15.6 Å². The zero-order valence-corrected chi connectivity index (χ0v) is 26.4. The topological polar surface area (TPSA) is 120 Å². The Labute approximate surface area is 249 Å². The van der Waals surface area contributed by atoms with Gasteiger partial charge in [-0.2, -0.15) is 0 Å². The average Bonchev–Trinajstić information content (AvgIpc) is 2.88. The van der Waals surface area contributed by atoms with Gasteiger partial charge in [0.05, 0.1) is 17.6 Å². The molecule has 0 radical (unpaired) electrons. The molecular weight excluding hydrogens is 536 g/mol. The van der Waals surface area contributed by atoms with E-state index in [4.69, 9.17) is 0 Å². The van der Waals surface area contributed by atoms with Crippen molar-refractivity contribution in [3.63, 3.8) is 0 Å². The molecule has 1 heterocycles. The molecule has 1 aromatic carbocycles. The standard InChI is InChI=1S/C32H46N4O4S/c1-9-11-25(29(39)35-31(3,4)5)21(10-2)18-24(37)20-41-27-13-12-23(19-26(27)30(40)36-32(6,7)8)34-28(38)22-14-16-33-17-15-22/h10,12-17,19,24-25,37H,9,11,18,20H2,1-8H3,(H,34,38)(H,35,39)(H,36,40)/b21-10-. The summed E-state index contributed by atoms with van der Waals surface area (Å²) in [5.41, 5.74) is 1.45. The van der Waals surface area contributed by atoms with Gasteiger partial charge in [0.25, 0.3) is 11.8 Å². The Balaban J connectivity index is 2.21. The summed E-state index contributed by atoms with van der Waals surface area (Å²) in [5, 5.41) is 19.9. The minimum Gasteiger partial charge on any atom is -0.392 e. The predicted octanol–water partition coefficient (Wildman–Crippen LogP) is 5.98. The largest absolute Gasteiger partial charge is 0.392 e. The van der Waals surface area contributed by atoms with E-state index in [1.165, 1.54) is 11.8 Å². The van der Waals surface area contributed by atoms with E-state index in [9.17, 15) is 19.5 Å². The molecule has 9 heteroatoms. The number of aromatic nitrogens is 1. The van der Waals surface area contributed by atoms with Crippen molar-refractivity contribution in [1.29, 1.82) is 0 Å². The Hall–Kier alpha value is -3.17. The van der Waals surface area contributed by atoms with Crippen molar-refractivity contribution in [2.24, 2.45) is 5.92 Å². The van der Waals surface area contributed by atoms with Crippen LogP contribution in [0.4, 0.5) is 5.69 Å². The van der Waals surface area contributed by atoms with Gasteiger partial charge in [0, 0.05) is 45.4 Å². The zero-order chi connectivity index (χ0) is 30.8. The van der Waals surface area contributed by atoms with Crippen molar-refractivity contribution in [2.75, 3.05) is 11.1 Å². The van der Waals surface area contributed by atoms with Crippen molar-refractivity contribution < 1.29 is 19.5 Å². The number of aliphatic hydroxyl groups excluding tert-OH is 1. The normalized spacial score (nSPS) is 13.7. The fourth-order valence-corrected chi connectivity index (χ4v) is 5.20. The van der Waals surface area contributed by atoms with Gasteiger partial charge in [-0.3, -0.25) is 19.4 Å². The fourth-order valence-electron chi connectivity index (χ4n) is 4.23. The third-order valence-corrected chi connectivity index (χ3v) is 7.24. The molecule has 1 aromatic heterocycles. The molecule has 0 saturated heterocycles. The van der Waals surface area contributed by atoms with E-state index in [0.29, 0.717) is 40.3 Å². The van der Waals surface area contributed by atoms with E-state index in [1.807, 2.05) is 61.5 Å². The molecule has 2 unspecified atom stereocenters. The molecule has 0 saturated carbocycles. The van der Waals surface area contributed by atoms with Crippen LogP contribution < -0.4 is 16.0 Å². The monoisotopic (exact) mass is 582 g/mol. The smallest absolute Gasteiger partial charge is 0.255 e. The first kappa shape index (κ1) is 34.0. The lowest BCUT2D eigenvalue weighted by Gasteiger charge is -2.27. The van der Waals surface area contributed by atoms with Gasteiger partial charge in [-0.15, -0.1) is 11.8 Å². The van der Waals surface area contributed by atoms with Crippen LogP contribution >= 0.6 is 11.8 Å². The highest BCUT2D eigenvalue weighted by atomic mass is 32.2. The maximum Gasteiger partial charge on any atom is 0.255 e. The molecule has 8 nitrogen and oxygen atoms in total. The fraction of sp³-hybridized carbons (Fsp3) is 0.500. The Kier molecular flexibility index (Phi) is 12.6. The number of pyridine rings is 1. The van der Waals surface area contributed by atoms with Gasteiger partial charge in [-0.1, -0.05) is 25.0 Å². The van der Waals surface area contributed by atoms with Crippen LogP contribution in [0, 0.1) is 5.92 Å². The highest BCUT2D eigenvalue weighted by Gasteiger charge is 2.27. The maximum absolute atomic E-state index is 13.2. The number of hydrogen-bond acceptors (Lipinski definition) is 6. The van der Waals surface area contributed by atoms with Gasteiger partial charge in [-0.25, -0.2) is 0 Å². The van der Waals surface area contributed by atoms with Crippen LogP contribution in [0.1, 0.15) is 95.4 Å². The third kappa shape index (κ3) is 11.7. The lowest BCUT2D eigenvalue weighted by molar-refractivity contribution is -0.125. The van der Waals surface area contributed by atoms with E-state index in [1.54, 1.807) is 42.7 Å². The molecule has 0 aliphatic heterocycles. The number of amides is 3. The van der Waals surface area contributed by atoms with Crippen molar-refractivity contribution in [3.05, 3.63) is 65.5 Å². The van der Waals surface area contributed by atoms with Crippen LogP contribution in [0.15, 0.2) is 59.3 Å². The van der Waals surface area contributed by atoms with Crippen LogP contribution in [0.2, 0.25) is 0 Å². The maximum atomic E-state index is 13.2. The molecule has 0 bridgehead atoms. The summed E-state index contributed by atoms with van der Waals surface area (Å²) < 4.78 is 0. The summed E-state index contributed by atoms with van der Waals surface area (Å²) >= 11 is 1.37. The van der Waals surface area contributed by atoms with Crippen LogP contribution in [0.25, 0.3) is 0 Å². The molecule has 4 N–H and O–H groups in total. The minimum absolute atomic E-state index is 0.0298. The highest BCUT2D eigenvalue weighted by molar-refractivity contribution is 7.99. The van der Waals surface area contributed by atoms with Crippen molar-refractivity contribution in [2.45, 2.75) is 96.7 Å². The lowest BCUT2D eigenvalue weighted by atomic mass is 9.88. The van der Waals surface area contributed by atoms with Crippen LogP contribution in [-0.4, -0.2) is 50.7 Å². The highest BCUT2D eigenvalue weighted by Crippen LogP contribution is 2.30. The van der Waals surface area contributed by atoms with Crippen molar-refractivity contribution >= 4 is 35.2 Å².